The van der Waals surface area contributed by atoms with Crippen molar-refractivity contribution >= 4 is 27.9 Å². The first-order chi connectivity index (χ1) is 13.4. The van der Waals surface area contributed by atoms with E-state index in [0.717, 1.165) is 11.1 Å². The number of aryl methyl sites for hydroxylation is 4. The molecule has 0 amide bonds. The standard InChI is InChI=1S/C12H12.C11H12N2S.C2H6/c1-9-6-7-11-5-3-4-10(2)12(11)8-9;1-7-5-9(6-13-11(7)12)10-4-3-8(2)14-10;1-2/h3-8H,1-2H3;3-6H,1-2H3,(H2,12,13);1-2H3. The zero-order valence-electron chi connectivity index (χ0n) is 17.7. The van der Waals surface area contributed by atoms with Crippen molar-refractivity contribution in [1.29, 1.82) is 0 Å². The third-order valence-corrected chi connectivity index (χ3v) is 5.45. The molecular weight excluding hydrogens is 360 g/mol. The Morgan fingerprint density at radius 1 is 0.821 bits per heavy atom. The van der Waals surface area contributed by atoms with Crippen LogP contribution in [0.1, 0.15) is 35.4 Å². The largest absolute Gasteiger partial charge is 0.383 e. The van der Waals surface area contributed by atoms with E-state index in [2.05, 4.69) is 80.4 Å². The lowest BCUT2D eigenvalue weighted by molar-refractivity contribution is 1.28. The van der Waals surface area contributed by atoms with Crippen molar-refractivity contribution in [2.45, 2.75) is 41.5 Å². The Morgan fingerprint density at radius 2 is 1.57 bits per heavy atom. The normalized spacial score (nSPS) is 9.93. The molecular formula is C25H30N2S. The molecule has 0 radical (unpaired) electrons. The molecule has 0 fully saturated rings. The van der Waals surface area contributed by atoms with E-state index in [1.54, 1.807) is 11.3 Å². The summed E-state index contributed by atoms with van der Waals surface area (Å²) in [6.45, 7) is 12.4. The highest BCUT2D eigenvalue weighted by atomic mass is 32.1. The lowest BCUT2D eigenvalue weighted by Crippen LogP contribution is -1.93. The Morgan fingerprint density at radius 3 is 2.21 bits per heavy atom. The minimum absolute atomic E-state index is 0.613. The van der Waals surface area contributed by atoms with Crippen LogP contribution in [0.25, 0.3) is 21.2 Å². The van der Waals surface area contributed by atoms with Crippen LogP contribution in [0.3, 0.4) is 0 Å². The van der Waals surface area contributed by atoms with Gasteiger partial charge in [0.15, 0.2) is 0 Å². The molecule has 4 rings (SSSR count). The summed E-state index contributed by atoms with van der Waals surface area (Å²) >= 11 is 1.77. The van der Waals surface area contributed by atoms with Crippen molar-refractivity contribution in [2.24, 2.45) is 0 Å². The van der Waals surface area contributed by atoms with E-state index < -0.39 is 0 Å². The molecule has 2 heterocycles. The number of nitrogen functional groups attached to an aromatic ring is 1. The monoisotopic (exact) mass is 390 g/mol. The van der Waals surface area contributed by atoms with Gasteiger partial charge in [0.1, 0.15) is 5.82 Å². The minimum Gasteiger partial charge on any atom is -0.383 e. The van der Waals surface area contributed by atoms with Gasteiger partial charge in [-0.15, -0.1) is 11.3 Å². The predicted molar refractivity (Wildman–Crippen MR) is 126 cm³/mol. The van der Waals surface area contributed by atoms with Crippen LogP contribution in [0, 0.1) is 27.7 Å². The van der Waals surface area contributed by atoms with E-state index in [4.69, 9.17) is 5.73 Å². The maximum absolute atomic E-state index is 5.66. The topological polar surface area (TPSA) is 38.9 Å². The molecule has 0 saturated heterocycles. The van der Waals surface area contributed by atoms with E-state index in [0.29, 0.717) is 5.82 Å². The van der Waals surface area contributed by atoms with Gasteiger partial charge in [-0.1, -0.05) is 55.8 Å². The fourth-order valence-electron chi connectivity index (χ4n) is 2.85. The maximum Gasteiger partial charge on any atom is 0.126 e. The zero-order chi connectivity index (χ0) is 20.7. The summed E-state index contributed by atoms with van der Waals surface area (Å²) in [6, 6.07) is 19.3. The van der Waals surface area contributed by atoms with Crippen LogP contribution < -0.4 is 5.73 Å². The van der Waals surface area contributed by atoms with Gasteiger partial charge >= 0.3 is 0 Å². The number of pyridine rings is 1. The molecule has 2 aromatic heterocycles. The zero-order valence-corrected chi connectivity index (χ0v) is 18.5. The summed E-state index contributed by atoms with van der Waals surface area (Å²) in [5, 5.41) is 2.71. The quantitative estimate of drug-likeness (QED) is 0.365. The Balaban J connectivity index is 0.000000186. The number of thiophene rings is 1. The van der Waals surface area contributed by atoms with Gasteiger partial charge in [-0.05, 0) is 67.8 Å². The second-order valence-corrected chi connectivity index (χ2v) is 7.92. The second kappa shape index (κ2) is 10.0. The molecule has 3 heteroatoms. The van der Waals surface area contributed by atoms with E-state index in [1.165, 1.54) is 31.7 Å². The van der Waals surface area contributed by atoms with E-state index >= 15 is 0 Å². The lowest BCUT2D eigenvalue weighted by Gasteiger charge is -2.01. The number of hydrogen-bond donors (Lipinski definition) is 1. The first kappa shape index (κ1) is 21.6. The molecule has 146 valence electrons. The molecule has 2 nitrogen and oxygen atoms in total. The summed E-state index contributed by atoms with van der Waals surface area (Å²) in [7, 11) is 0. The number of aromatic nitrogens is 1. The summed E-state index contributed by atoms with van der Waals surface area (Å²) in [6.07, 6.45) is 1.83. The highest BCUT2D eigenvalue weighted by molar-refractivity contribution is 7.15. The molecule has 0 bridgehead atoms. The highest BCUT2D eigenvalue weighted by Gasteiger charge is 2.03. The number of rotatable bonds is 1. The SMILES string of the molecule is CC.Cc1ccc(-c2cnc(N)c(C)c2)s1.Cc1ccc2cccc(C)c2c1. The minimum atomic E-state index is 0.613. The fourth-order valence-corrected chi connectivity index (χ4v) is 3.70. The van der Waals surface area contributed by atoms with Crippen molar-refractivity contribution in [3.8, 4) is 10.4 Å². The molecule has 4 aromatic rings. The van der Waals surface area contributed by atoms with E-state index in [1.807, 2.05) is 27.0 Å². The molecule has 0 unspecified atom stereocenters. The molecule has 0 spiro atoms. The molecule has 0 saturated carbocycles. The second-order valence-electron chi connectivity index (χ2n) is 6.64. The van der Waals surface area contributed by atoms with Crippen molar-refractivity contribution in [3.05, 3.63) is 82.4 Å². The molecule has 2 aromatic carbocycles. The van der Waals surface area contributed by atoms with Crippen LogP contribution in [0.15, 0.2) is 60.8 Å². The summed E-state index contributed by atoms with van der Waals surface area (Å²) in [4.78, 5) is 6.71. The maximum atomic E-state index is 5.66. The van der Waals surface area contributed by atoms with Gasteiger partial charge < -0.3 is 5.73 Å². The van der Waals surface area contributed by atoms with Crippen LogP contribution in [-0.4, -0.2) is 4.98 Å². The third kappa shape index (κ3) is 5.43. The summed E-state index contributed by atoms with van der Waals surface area (Å²) in [5.41, 5.74) is 10.5. The van der Waals surface area contributed by atoms with Crippen LogP contribution >= 0.6 is 11.3 Å². The summed E-state index contributed by atoms with van der Waals surface area (Å²) < 4.78 is 0. The Labute approximate surface area is 173 Å². The summed E-state index contributed by atoms with van der Waals surface area (Å²) in [5.74, 6) is 0.613. The van der Waals surface area contributed by atoms with Gasteiger partial charge in [-0.2, -0.15) is 0 Å². The van der Waals surface area contributed by atoms with Gasteiger partial charge in [-0.3, -0.25) is 0 Å². The van der Waals surface area contributed by atoms with Gasteiger partial charge in [0.25, 0.3) is 0 Å². The van der Waals surface area contributed by atoms with Crippen molar-refractivity contribution in [3.63, 3.8) is 0 Å². The number of fused-ring (bicyclic) bond motifs is 1. The number of benzene rings is 2. The molecule has 0 aliphatic heterocycles. The number of nitrogens with zero attached hydrogens (tertiary/aromatic N) is 1. The van der Waals surface area contributed by atoms with Gasteiger partial charge in [-0.25, -0.2) is 4.98 Å². The predicted octanol–water partition coefficient (Wildman–Crippen LogP) is 7.49. The van der Waals surface area contributed by atoms with Gasteiger partial charge in [0.2, 0.25) is 0 Å². The first-order valence-electron chi connectivity index (χ1n) is 9.69. The Kier molecular flexibility index (Phi) is 7.77. The van der Waals surface area contributed by atoms with Crippen LogP contribution in [0.5, 0.6) is 0 Å². The van der Waals surface area contributed by atoms with Crippen molar-refractivity contribution in [2.75, 3.05) is 5.73 Å². The average molecular weight is 391 g/mol. The van der Waals surface area contributed by atoms with Crippen molar-refractivity contribution in [1.82, 2.24) is 4.98 Å². The Bertz CT molecular complexity index is 1050. The van der Waals surface area contributed by atoms with E-state index in [9.17, 15) is 0 Å². The molecule has 2 N–H and O–H groups in total. The molecule has 0 aliphatic rings. The molecule has 0 atom stereocenters. The Hall–Kier alpha value is -2.65. The fraction of sp³-hybridized carbons (Fsp3) is 0.240. The third-order valence-electron chi connectivity index (χ3n) is 4.40. The number of nitrogens with two attached hydrogens (primary N) is 1. The van der Waals surface area contributed by atoms with Crippen LogP contribution in [0.4, 0.5) is 5.82 Å². The smallest absolute Gasteiger partial charge is 0.126 e. The van der Waals surface area contributed by atoms with Gasteiger partial charge in [0.05, 0.1) is 0 Å². The molecule has 0 aliphatic carbocycles. The number of hydrogen-bond acceptors (Lipinski definition) is 3. The number of anilines is 1. The average Bonchev–Trinajstić information content (AvgIpc) is 3.13. The first-order valence-corrected chi connectivity index (χ1v) is 10.5. The highest BCUT2D eigenvalue weighted by Crippen LogP contribution is 2.28. The molecule has 28 heavy (non-hydrogen) atoms. The van der Waals surface area contributed by atoms with Gasteiger partial charge in [0, 0.05) is 21.5 Å². The van der Waals surface area contributed by atoms with E-state index in [-0.39, 0.29) is 0 Å². The van der Waals surface area contributed by atoms with Crippen LogP contribution in [0.2, 0.25) is 0 Å². The lowest BCUT2D eigenvalue weighted by atomic mass is 10.0. The van der Waals surface area contributed by atoms with Crippen LogP contribution in [-0.2, 0) is 0 Å². The van der Waals surface area contributed by atoms with Crippen molar-refractivity contribution < 1.29 is 0 Å².